The molecule has 18 heavy (non-hydrogen) atoms. The highest BCUT2D eigenvalue weighted by Crippen LogP contribution is 2.39. The maximum absolute atomic E-state index is 6.23. The minimum Gasteiger partial charge on any atom is -0.0843 e. The standard InChI is InChI=1S/C13H7Br2Cl3/c14-7-1-3-9(11(17)5-7)13(15)10-4-2-8(16)6-12(10)18/h1-6,13H. The zero-order valence-electron chi connectivity index (χ0n) is 8.93. The van der Waals surface area contributed by atoms with Crippen LogP contribution < -0.4 is 0 Å². The van der Waals surface area contributed by atoms with Crippen LogP contribution in [0.2, 0.25) is 15.1 Å². The molecule has 0 amide bonds. The monoisotopic (exact) mass is 426 g/mol. The molecule has 0 spiro atoms. The molecule has 0 nitrogen and oxygen atoms in total. The molecular weight excluding hydrogens is 422 g/mol. The maximum Gasteiger partial charge on any atom is 0.0673 e. The molecule has 0 aliphatic rings. The van der Waals surface area contributed by atoms with E-state index < -0.39 is 0 Å². The average Bonchev–Trinajstić information content (AvgIpc) is 2.28. The van der Waals surface area contributed by atoms with E-state index in [0.29, 0.717) is 15.1 Å². The molecule has 0 heterocycles. The summed E-state index contributed by atoms with van der Waals surface area (Å²) in [5, 5.41) is 1.91. The van der Waals surface area contributed by atoms with Crippen molar-refractivity contribution in [3.8, 4) is 0 Å². The first-order chi connectivity index (χ1) is 8.49. The largest absolute Gasteiger partial charge is 0.0843 e. The van der Waals surface area contributed by atoms with Gasteiger partial charge in [0.05, 0.1) is 4.83 Å². The summed E-state index contributed by atoms with van der Waals surface area (Å²) < 4.78 is 0.943. The van der Waals surface area contributed by atoms with Crippen LogP contribution in [0.1, 0.15) is 16.0 Å². The SMILES string of the molecule is Clc1ccc(C(Br)c2ccc(Br)cc2Cl)c(Cl)c1. The number of benzene rings is 2. The van der Waals surface area contributed by atoms with Crippen LogP contribution in [0.25, 0.3) is 0 Å². The van der Waals surface area contributed by atoms with Gasteiger partial charge in [-0.2, -0.15) is 0 Å². The molecule has 2 aromatic rings. The van der Waals surface area contributed by atoms with Gasteiger partial charge in [0.25, 0.3) is 0 Å². The highest BCUT2D eigenvalue weighted by Gasteiger charge is 2.16. The summed E-state index contributed by atoms with van der Waals surface area (Å²) in [7, 11) is 0. The van der Waals surface area contributed by atoms with Gasteiger partial charge in [0.15, 0.2) is 0 Å². The Bertz CT molecular complexity index is 533. The fourth-order valence-electron chi connectivity index (χ4n) is 1.58. The molecule has 2 aromatic carbocycles. The van der Waals surface area contributed by atoms with Crippen molar-refractivity contribution in [1.29, 1.82) is 0 Å². The highest BCUT2D eigenvalue weighted by atomic mass is 79.9. The third-order valence-electron chi connectivity index (χ3n) is 2.47. The molecule has 0 aliphatic carbocycles. The van der Waals surface area contributed by atoms with Crippen LogP contribution in [0.4, 0.5) is 0 Å². The molecule has 0 saturated carbocycles. The fraction of sp³-hybridized carbons (Fsp3) is 0.0769. The zero-order chi connectivity index (χ0) is 13.3. The first-order valence-corrected chi connectivity index (χ1v) is 7.87. The van der Waals surface area contributed by atoms with Gasteiger partial charge in [0, 0.05) is 19.5 Å². The van der Waals surface area contributed by atoms with E-state index in [0.717, 1.165) is 15.6 Å². The van der Waals surface area contributed by atoms with E-state index in [1.54, 1.807) is 6.07 Å². The van der Waals surface area contributed by atoms with Gasteiger partial charge >= 0.3 is 0 Å². The second-order valence-corrected chi connectivity index (χ2v) is 6.78. The smallest absolute Gasteiger partial charge is 0.0673 e. The lowest BCUT2D eigenvalue weighted by Gasteiger charge is -2.14. The molecule has 94 valence electrons. The van der Waals surface area contributed by atoms with Crippen LogP contribution in [0.15, 0.2) is 40.9 Å². The molecule has 2 rings (SSSR count). The van der Waals surface area contributed by atoms with Gasteiger partial charge in [0.1, 0.15) is 0 Å². The number of hydrogen-bond acceptors (Lipinski definition) is 0. The van der Waals surface area contributed by atoms with E-state index in [2.05, 4.69) is 31.9 Å². The Morgan fingerprint density at radius 1 is 0.833 bits per heavy atom. The van der Waals surface area contributed by atoms with Crippen LogP contribution in [0.5, 0.6) is 0 Å². The number of alkyl halides is 1. The fourth-order valence-corrected chi connectivity index (χ4v) is 3.94. The van der Waals surface area contributed by atoms with E-state index in [1.165, 1.54) is 0 Å². The lowest BCUT2D eigenvalue weighted by Crippen LogP contribution is -1.95. The van der Waals surface area contributed by atoms with E-state index in [-0.39, 0.29) is 4.83 Å². The topological polar surface area (TPSA) is 0 Å². The summed E-state index contributed by atoms with van der Waals surface area (Å²) >= 11 is 25.3. The Hall–Kier alpha value is 0.270. The molecule has 0 aliphatic heterocycles. The molecular formula is C13H7Br2Cl3. The van der Waals surface area contributed by atoms with Crippen LogP contribution in [0, 0.1) is 0 Å². The normalized spacial score (nSPS) is 12.5. The van der Waals surface area contributed by atoms with Crippen molar-refractivity contribution in [2.75, 3.05) is 0 Å². The molecule has 0 fully saturated rings. The Morgan fingerprint density at radius 2 is 1.39 bits per heavy atom. The maximum atomic E-state index is 6.23. The van der Waals surface area contributed by atoms with Crippen LogP contribution >= 0.6 is 66.7 Å². The van der Waals surface area contributed by atoms with Crippen LogP contribution in [-0.2, 0) is 0 Å². The predicted octanol–water partition coefficient (Wildman–Crippen LogP) is 6.89. The summed E-state index contributed by atoms with van der Waals surface area (Å²) in [5.74, 6) is 0. The molecule has 0 saturated heterocycles. The molecule has 0 radical (unpaired) electrons. The first kappa shape index (κ1) is 14.7. The average molecular weight is 429 g/mol. The zero-order valence-corrected chi connectivity index (χ0v) is 14.4. The van der Waals surface area contributed by atoms with Crippen LogP contribution in [0.3, 0.4) is 0 Å². The Kier molecular flexibility index (Phi) is 5.01. The van der Waals surface area contributed by atoms with E-state index in [4.69, 9.17) is 34.8 Å². The molecule has 1 atom stereocenters. The molecule has 0 bridgehead atoms. The lowest BCUT2D eigenvalue weighted by molar-refractivity contribution is 1.18. The second-order valence-electron chi connectivity index (χ2n) is 3.69. The van der Waals surface area contributed by atoms with Gasteiger partial charge in [-0.15, -0.1) is 0 Å². The molecule has 5 heteroatoms. The van der Waals surface area contributed by atoms with Crippen molar-refractivity contribution in [3.05, 3.63) is 67.1 Å². The second kappa shape index (κ2) is 6.15. The summed E-state index contributed by atoms with van der Waals surface area (Å²) in [6.07, 6.45) is 0. The first-order valence-electron chi connectivity index (χ1n) is 5.03. The molecule has 1 unspecified atom stereocenters. The number of hydrogen-bond donors (Lipinski definition) is 0. The third kappa shape index (κ3) is 3.23. The van der Waals surface area contributed by atoms with Crippen molar-refractivity contribution in [3.63, 3.8) is 0 Å². The Morgan fingerprint density at radius 3 is 1.94 bits per heavy atom. The molecule has 0 aromatic heterocycles. The summed E-state index contributed by atoms with van der Waals surface area (Å²) in [4.78, 5) is -0.0668. The summed E-state index contributed by atoms with van der Waals surface area (Å²) in [6, 6.07) is 11.2. The highest BCUT2D eigenvalue weighted by molar-refractivity contribution is 9.10. The van der Waals surface area contributed by atoms with E-state index >= 15 is 0 Å². The van der Waals surface area contributed by atoms with Gasteiger partial charge in [-0.05, 0) is 35.4 Å². The predicted molar refractivity (Wildman–Crippen MR) is 86.4 cm³/mol. The van der Waals surface area contributed by atoms with E-state index in [9.17, 15) is 0 Å². The minimum absolute atomic E-state index is 0.0668. The van der Waals surface area contributed by atoms with Crippen molar-refractivity contribution < 1.29 is 0 Å². The van der Waals surface area contributed by atoms with Gasteiger partial charge < -0.3 is 0 Å². The van der Waals surface area contributed by atoms with Crippen molar-refractivity contribution in [2.24, 2.45) is 0 Å². The Labute approximate surface area is 137 Å². The number of rotatable bonds is 2. The third-order valence-corrected chi connectivity index (χ3v) is 4.84. The van der Waals surface area contributed by atoms with Gasteiger partial charge in [-0.3, -0.25) is 0 Å². The quantitative estimate of drug-likeness (QED) is 0.456. The molecule has 0 N–H and O–H groups in total. The number of halogens is 5. The van der Waals surface area contributed by atoms with Gasteiger partial charge in [-0.25, -0.2) is 0 Å². The summed E-state index contributed by atoms with van der Waals surface area (Å²) in [6.45, 7) is 0. The van der Waals surface area contributed by atoms with Gasteiger partial charge in [-0.1, -0.05) is 78.8 Å². The summed E-state index contributed by atoms with van der Waals surface area (Å²) in [5.41, 5.74) is 1.90. The minimum atomic E-state index is -0.0668. The van der Waals surface area contributed by atoms with Crippen molar-refractivity contribution >= 4 is 66.7 Å². The van der Waals surface area contributed by atoms with Gasteiger partial charge in [0.2, 0.25) is 0 Å². The Balaban J connectivity index is 2.44. The van der Waals surface area contributed by atoms with Crippen LogP contribution in [-0.4, -0.2) is 0 Å². The van der Waals surface area contributed by atoms with Crippen molar-refractivity contribution in [2.45, 2.75) is 4.83 Å². The van der Waals surface area contributed by atoms with E-state index in [1.807, 2.05) is 30.3 Å². The van der Waals surface area contributed by atoms with Crippen molar-refractivity contribution in [1.82, 2.24) is 0 Å². The lowest BCUT2D eigenvalue weighted by atomic mass is 10.0.